The number of amides is 3. The Morgan fingerprint density at radius 3 is 2.38 bits per heavy atom. The summed E-state index contributed by atoms with van der Waals surface area (Å²) < 4.78 is 0. The molecule has 0 aromatic heterocycles. The molecule has 1 aromatic rings. The van der Waals surface area contributed by atoms with Gasteiger partial charge in [-0.05, 0) is 38.1 Å². The van der Waals surface area contributed by atoms with Crippen LogP contribution >= 0.6 is 11.8 Å². The molecule has 112 valence electrons. The van der Waals surface area contributed by atoms with E-state index in [2.05, 4.69) is 5.32 Å². The van der Waals surface area contributed by atoms with E-state index in [0.717, 1.165) is 4.90 Å². The van der Waals surface area contributed by atoms with Crippen molar-refractivity contribution in [2.75, 3.05) is 12.3 Å². The lowest BCUT2D eigenvalue weighted by Crippen LogP contribution is -2.40. The smallest absolute Gasteiger partial charge is 0.335 e. The zero-order valence-corrected chi connectivity index (χ0v) is 12.6. The van der Waals surface area contributed by atoms with Crippen molar-refractivity contribution in [3.05, 3.63) is 29.8 Å². The van der Waals surface area contributed by atoms with Gasteiger partial charge in [0.05, 0.1) is 5.56 Å². The molecule has 1 aliphatic heterocycles. The summed E-state index contributed by atoms with van der Waals surface area (Å²) in [4.78, 5) is 36.5. The maximum atomic E-state index is 12.0. The van der Waals surface area contributed by atoms with E-state index >= 15 is 0 Å². The second kappa shape index (κ2) is 5.77. The molecule has 21 heavy (non-hydrogen) atoms. The molecule has 1 fully saturated rings. The van der Waals surface area contributed by atoms with Crippen LogP contribution < -0.4 is 5.32 Å². The largest absolute Gasteiger partial charge is 0.478 e. The molecular formula is C14H16N2O4S. The number of carboxylic acid groups (broad SMARTS) is 1. The number of carboxylic acids is 1. The predicted molar refractivity (Wildman–Crippen MR) is 78.4 cm³/mol. The Morgan fingerprint density at radius 1 is 1.29 bits per heavy atom. The van der Waals surface area contributed by atoms with E-state index in [-0.39, 0.29) is 17.5 Å². The highest BCUT2D eigenvalue weighted by atomic mass is 32.2. The average Bonchev–Trinajstić information content (AvgIpc) is 2.61. The monoisotopic (exact) mass is 308 g/mol. The number of rotatable bonds is 5. The molecule has 1 aromatic carbocycles. The molecule has 2 N–H and O–H groups in total. The summed E-state index contributed by atoms with van der Waals surface area (Å²) in [6, 6.07) is 6.11. The van der Waals surface area contributed by atoms with E-state index in [4.69, 9.17) is 5.11 Å². The number of carbonyl (C=O) groups excluding carboxylic acids is 2. The van der Waals surface area contributed by atoms with Gasteiger partial charge in [0.25, 0.3) is 5.91 Å². The van der Waals surface area contributed by atoms with Crippen LogP contribution in [0.2, 0.25) is 0 Å². The van der Waals surface area contributed by atoms with E-state index < -0.39 is 11.5 Å². The Bertz CT molecular complexity index is 583. The van der Waals surface area contributed by atoms with Gasteiger partial charge < -0.3 is 10.4 Å². The molecule has 0 spiro atoms. The van der Waals surface area contributed by atoms with Crippen LogP contribution in [0.15, 0.2) is 29.2 Å². The Labute approximate surface area is 126 Å². The van der Waals surface area contributed by atoms with Crippen LogP contribution in [0, 0.1) is 0 Å². The highest BCUT2D eigenvalue weighted by molar-refractivity contribution is 7.99. The zero-order chi connectivity index (χ0) is 15.6. The van der Waals surface area contributed by atoms with Crippen LogP contribution in [0.1, 0.15) is 24.2 Å². The van der Waals surface area contributed by atoms with Gasteiger partial charge in [0.15, 0.2) is 0 Å². The fourth-order valence-electron chi connectivity index (χ4n) is 1.97. The Balaban J connectivity index is 1.88. The number of thioether (sulfide) groups is 1. The van der Waals surface area contributed by atoms with Crippen molar-refractivity contribution < 1.29 is 19.5 Å². The molecule has 0 bridgehead atoms. The van der Waals surface area contributed by atoms with Crippen LogP contribution in [0.5, 0.6) is 0 Å². The molecule has 1 saturated heterocycles. The highest BCUT2D eigenvalue weighted by Crippen LogP contribution is 2.21. The number of urea groups is 1. The van der Waals surface area contributed by atoms with Crippen LogP contribution in [0.25, 0.3) is 0 Å². The minimum Gasteiger partial charge on any atom is -0.478 e. The average molecular weight is 308 g/mol. The van der Waals surface area contributed by atoms with Gasteiger partial charge in [-0.3, -0.25) is 9.69 Å². The van der Waals surface area contributed by atoms with E-state index in [1.165, 1.54) is 28.8 Å². The van der Waals surface area contributed by atoms with Crippen molar-refractivity contribution in [2.24, 2.45) is 0 Å². The molecule has 3 amide bonds. The zero-order valence-electron chi connectivity index (χ0n) is 11.8. The summed E-state index contributed by atoms with van der Waals surface area (Å²) in [7, 11) is 0. The first-order valence-corrected chi connectivity index (χ1v) is 7.40. The van der Waals surface area contributed by atoms with Crippen molar-refractivity contribution in [2.45, 2.75) is 24.3 Å². The minimum atomic E-state index is -0.965. The van der Waals surface area contributed by atoms with E-state index in [1.54, 1.807) is 26.0 Å². The summed E-state index contributed by atoms with van der Waals surface area (Å²) in [5.41, 5.74) is -0.611. The van der Waals surface area contributed by atoms with Gasteiger partial charge in [0, 0.05) is 17.2 Å². The molecule has 1 heterocycles. The number of nitrogens with one attached hydrogen (secondary N) is 1. The number of hydrogen-bond donors (Lipinski definition) is 2. The molecule has 7 heteroatoms. The first-order valence-electron chi connectivity index (χ1n) is 6.41. The third-order valence-corrected chi connectivity index (χ3v) is 4.12. The Kier molecular flexibility index (Phi) is 4.22. The molecule has 0 aliphatic carbocycles. The molecule has 6 nitrogen and oxygen atoms in total. The highest BCUT2D eigenvalue weighted by Gasteiger charge is 2.43. The van der Waals surface area contributed by atoms with E-state index in [1.807, 2.05) is 0 Å². The lowest BCUT2D eigenvalue weighted by atomic mass is 10.1. The van der Waals surface area contributed by atoms with E-state index in [0.29, 0.717) is 12.3 Å². The van der Waals surface area contributed by atoms with Gasteiger partial charge in [-0.15, -0.1) is 11.8 Å². The normalized spacial score (nSPS) is 17.0. The SMILES string of the molecule is CC1(C)NC(=O)N(CCSc2ccc(C(=O)O)cc2)C1=O. The van der Waals surface area contributed by atoms with Gasteiger partial charge in [-0.1, -0.05) is 0 Å². The Hall–Kier alpha value is -2.02. The second-order valence-electron chi connectivity index (χ2n) is 5.19. The minimum absolute atomic E-state index is 0.227. The molecule has 0 atom stereocenters. The first kappa shape index (κ1) is 15.4. The van der Waals surface area contributed by atoms with Crippen LogP contribution in [0.3, 0.4) is 0 Å². The molecule has 2 rings (SSSR count). The molecule has 0 saturated carbocycles. The van der Waals surface area contributed by atoms with Crippen molar-refractivity contribution in [1.29, 1.82) is 0 Å². The topological polar surface area (TPSA) is 86.7 Å². The van der Waals surface area contributed by atoms with E-state index in [9.17, 15) is 14.4 Å². The van der Waals surface area contributed by atoms with Gasteiger partial charge in [-0.25, -0.2) is 9.59 Å². The summed E-state index contributed by atoms with van der Waals surface area (Å²) >= 11 is 1.47. The van der Waals surface area contributed by atoms with Gasteiger partial charge in [0.1, 0.15) is 5.54 Å². The summed E-state index contributed by atoms with van der Waals surface area (Å²) in [5, 5.41) is 11.4. The van der Waals surface area contributed by atoms with Gasteiger partial charge in [0.2, 0.25) is 0 Å². The quantitative estimate of drug-likeness (QED) is 0.640. The number of benzene rings is 1. The summed E-state index contributed by atoms with van der Waals surface area (Å²) in [6.07, 6.45) is 0. The predicted octanol–water partition coefficient (Wildman–Crippen LogP) is 1.81. The Morgan fingerprint density at radius 2 is 1.90 bits per heavy atom. The van der Waals surface area contributed by atoms with Crippen LogP contribution in [-0.4, -0.2) is 45.8 Å². The van der Waals surface area contributed by atoms with Crippen LogP contribution in [-0.2, 0) is 4.79 Å². The van der Waals surface area contributed by atoms with Gasteiger partial charge in [-0.2, -0.15) is 0 Å². The molecular weight excluding hydrogens is 292 g/mol. The number of nitrogens with zero attached hydrogens (tertiary/aromatic N) is 1. The number of imide groups is 1. The molecule has 0 unspecified atom stereocenters. The summed E-state index contributed by atoms with van der Waals surface area (Å²) in [5.74, 6) is -0.635. The third-order valence-electron chi connectivity index (χ3n) is 3.13. The fourth-order valence-corrected chi connectivity index (χ4v) is 2.81. The third kappa shape index (κ3) is 3.36. The lowest BCUT2D eigenvalue weighted by molar-refractivity contribution is -0.130. The fraction of sp³-hybridized carbons (Fsp3) is 0.357. The number of carbonyl (C=O) groups is 3. The molecule has 0 radical (unpaired) electrons. The molecule has 1 aliphatic rings. The standard InChI is InChI=1S/C14H16N2O4S/c1-14(2)12(19)16(13(20)15-14)7-8-21-10-5-3-9(4-6-10)11(17)18/h3-6H,7-8H2,1-2H3,(H,15,20)(H,17,18). The van der Waals surface area contributed by atoms with Crippen molar-refractivity contribution in [1.82, 2.24) is 10.2 Å². The number of aromatic carboxylic acids is 1. The van der Waals surface area contributed by atoms with Crippen LogP contribution in [0.4, 0.5) is 4.79 Å². The van der Waals surface area contributed by atoms with Crippen molar-refractivity contribution in [3.63, 3.8) is 0 Å². The van der Waals surface area contributed by atoms with Crippen molar-refractivity contribution >= 4 is 29.7 Å². The lowest BCUT2D eigenvalue weighted by Gasteiger charge is -2.15. The second-order valence-corrected chi connectivity index (χ2v) is 6.36. The maximum absolute atomic E-state index is 12.0. The maximum Gasteiger partial charge on any atom is 0.335 e. The summed E-state index contributed by atoms with van der Waals surface area (Å²) in [6.45, 7) is 3.66. The first-order chi connectivity index (χ1) is 9.81. The van der Waals surface area contributed by atoms with Crippen molar-refractivity contribution in [3.8, 4) is 0 Å². The van der Waals surface area contributed by atoms with Gasteiger partial charge >= 0.3 is 12.0 Å². The number of hydrogen-bond acceptors (Lipinski definition) is 4.